The Kier molecular flexibility index (Phi) is 6.45. The van der Waals surface area contributed by atoms with Crippen molar-refractivity contribution in [3.63, 3.8) is 0 Å². The molecule has 1 saturated heterocycles. The molecule has 1 heterocycles. The average Bonchev–Trinajstić information content (AvgIpc) is 2.64. The molecular formula is C22H27FN2O2. The van der Waals surface area contributed by atoms with Crippen LogP contribution in [-0.4, -0.2) is 30.0 Å². The van der Waals surface area contributed by atoms with Gasteiger partial charge in [0.25, 0.3) is 0 Å². The van der Waals surface area contributed by atoms with Gasteiger partial charge in [0.15, 0.2) is 0 Å². The molecule has 1 amide bonds. The van der Waals surface area contributed by atoms with Crippen molar-refractivity contribution in [1.29, 1.82) is 0 Å². The van der Waals surface area contributed by atoms with Gasteiger partial charge in [0.1, 0.15) is 11.6 Å². The number of likely N-dealkylation sites (tertiary alicyclic amines) is 1. The quantitative estimate of drug-likeness (QED) is 0.816. The highest BCUT2D eigenvalue weighted by Gasteiger charge is 2.26. The second kappa shape index (κ2) is 9.00. The standard InChI is InChI=1S/C22H27FN2O2/c1-16(2)27-21-7-3-6-20(13-21)24-22(26)18-5-4-12-25(15-18)14-17-8-10-19(23)11-9-17/h3,6-11,13,16,18H,4-5,12,14-15H2,1-2H3,(H,24,26)/t18-/m0/s1. The van der Waals surface area contributed by atoms with E-state index in [2.05, 4.69) is 10.2 Å². The summed E-state index contributed by atoms with van der Waals surface area (Å²) in [7, 11) is 0. The van der Waals surface area contributed by atoms with Crippen molar-refractivity contribution in [2.75, 3.05) is 18.4 Å². The van der Waals surface area contributed by atoms with Crippen LogP contribution in [0.15, 0.2) is 48.5 Å². The Hall–Kier alpha value is -2.40. The van der Waals surface area contributed by atoms with Gasteiger partial charge in [0.05, 0.1) is 12.0 Å². The first kappa shape index (κ1) is 19.4. The van der Waals surface area contributed by atoms with Gasteiger partial charge in [0.2, 0.25) is 5.91 Å². The van der Waals surface area contributed by atoms with Crippen molar-refractivity contribution in [2.45, 2.75) is 39.3 Å². The minimum atomic E-state index is -0.224. The molecule has 0 spiro atoms. The number of rotatable bonds is 6. The molecule has 0 aromatic heterocycles. The minimum absolute atomic E-state index is 0.0421. The highest BCUT2D eigenvalue weighted by molar-refractivity contribution is 5.92. The molecule has 1 aliphatic heterocycles. The normalized spacial score (nSPS) is 17.7. The molecule has 2 aromatic carbocycles. The van der Waals surface area contributed by atoms with Crippen LogP contribution in [0.3, 0.4) is 0 Å². The van der Waals surface area contributed by atoms with Crippen molar-refractivity contribution < 1.29 is 13.9 Å². The highest BCUT2D eigenvalue weighted by Crippen LogP contribution is 2.23. The second-order valence-corrected chi connectivity index (χ2v) is 7.38. The van der Waals surface area contributed by atoms with Crippen LogP contribution in [0.4, 0.5) is 10.1 Å². The molecule has 4 nitrogen and oxygen atoms in total. The highest BCUT2D eigenvalue weighted by atomic mass is 19.1. The molecule has 1 aliphatic rings. The van der Waals surface area contributed by atoms with E-state index in [1.165, 1.54) is 12.1 Å². The van der Waals surface area contributed by atoms with Crippen molar-refractivity contribution in [3.05, 3.63) is 59.9 Å². The van der Waals surface area contributed by atoms with E-state index in [1.54, 1.807) is 12.1 Å². The maximum absolute atomic E-state index is 13.1. The fourth-order valence-electron chi connectivity index (χ4n) is 3.42. The van der Waals surface area contributed by atoms with Gasteiger partial charge in [-0.05, 0) is 63.1 Å². The summed E-state index contributed by atoms with van der Waals surface area (Å²) >= 11 is 0. The maximum Gasteiger partial charge on any atom is 0.228 e. The Morgan fingerprint density at radius 1 is 1.26 bits per heavy atom. The molecule has 0 aliphatic carbocycles. The molecule has 1 fully saturated rings. The van der Waals surface area contributed by atoms with Gasteiger partial charge in [-0.2, -0.15) is 0 Å². The summed E-state index contributed by atoms with van der Waals surface area (Å²) in [5.74, 6) is 0.525. The Morgan fingerprint density at radius 2 is 2.04 bits per heavy atom. The van der Waals surface area contributed by atoms with Gasteiger partial charge in [-0.1, -0.05) is 18.2 Å². The summed E-state index contributed by atoms with van der Waals surface area (Å²) in [6.45, 7) is 6.36. The van der Waals surface area contributed by atoms with Gasteiger partial charge in [-0.3, -0.25) is 9.69 Å². The summed E-state index contributed by atoms with van der Waals surface area (Å²) < 4.78 is 18.8. The summed E-state index contributed by atoms with van der Waals surface area (Å²) in [6, 6.07) is 14.1. The minimum Gasteiger partial charge on any atom is -0.491 e. The zero-order valence-corrected chi connectivity index (χ0v) is 16.0. The molecule has 0 unspecified atom stereocenters. The van der Waals surface area contributed by atoms with E-state index in [-0.39, 0.29) is 23.7 Å². The summed E-state index contributed by atoms with van der Waals surface area (Å²) in [6.07, 6.45) is 1.96. The van der Waals surface area contributed by atoms with Crippen LogP contribution in [0.2, 0.25) is 0 Å². The van der Waals surface area contributed by atoms with E-state index in [4.69, 9.17) is 4.74 Å². The molecule has 5 heteroatoms. The molecule has 1 N–H and O–H groups in total. The lowest BCUT2D eigenvalue weighted by Crippen LogP contribution is -2.40. The second-order valence-electron chi connectivity index (χ2n) is 7.38. The first-order valence-corrected chi connectivity index (χ1v) is 9.54. The van der Waals surface area contributed by atoms with Gasteiger partial charge in [-0.15, -0.1) is 0 Å². The number of halogens is 1. The van der Waals surface area contributed by atoms with Crippen molar-refractivity contribution in [1.82, 2.24) is 4.90 Å². The van der Waals surface area contributed by atoms with E-state index < -0.39 is 0 Å². The lowest BCUT2D eigenvalue weighted by atomic mass is 9.96. The number of anilines is 1. The number of hydrogen-bond donors (Lipinski definition) is 1. The van der Waals surface area contributed by atoms with Gasteiger partial charge >= 0.3 is 0 Å². The zero-order valence-electron chi connectivity index (χ0n) is 16.0. The van der Waals surface area contributed by atoms with Crippen molar-refractivity contribution in [3.8, 4) is 5.75 Å². The molecule has 2 aromatic rings. The predicted molar refractivity (Wildman–Crippen MR) is 105 cm³/mol. The third kappa shape index (κ3) is 5.79. The SMILES string of the molecule is CC(C)Oc1cccc(NC(=O)[C@H]2CCCN(Cc3ccc(F)cc3)C2)c1. The molecule has 0 bridgehead atoms. The fourth-order valence-corrected chi connectivity index (χ4v) is 3.42. The zero-order chi connectivity index (χ0) is 19.2. The van der Waals surface area contributed by atoms with E-state index >= 15 is 0 Å². The summed E-state index contributed by atoms with van der Waals surface area (Å²) in [5.41, 5.74) is 1.82. The largest absolute Gasteiger partial charge is 0.491 e. The molecule has 0 radical (unpaired) electrons. The number of carbonyl (C=O) groups is 1. The Bertz CT molecular complexity index is 761. The fraction of sp³-hybridized carbons (Fsp3) is 0.409. The number of piperidine rings is 1. The lowest BCUT2D eigenvalue weighted by Gasteiger charge is -2.32. The van der Waals surface area contributed by atoms with Gasteiger partial charge in [0, 0.05) is 24.8 Å². The van der Waals surface area contributed by atoms with E-state index in [0.29, 0.717) is 6.54 Å². The third-order valence-corrected chi connectivity index (χ3v) is 4.67. The van der Waals surface area contributed by atoms with E-state index in [9.17, 15) is 9.18 Å². The number of nitrogens with zero attached hydrogens (tertiary/aromatic N) is 1. The van der Waals surface area contributed by atoms with Crippen LogP contribution in [-0.2, 0) is 11.3 Å². The summed E-state index contributed by atoms with van der Waals surface area (Å²) in [4.78, 5) is 15.0. The molecule has 27 heavy (non-hydrogen) atoms. The molecule has 144 valence electrons. The van der Waals surface area contributed by atoms with Crippen molar-refractivity contribution in [2.24, 2.45) is 5.92 Å². The maximum atomic E-state index is 13.1. The van der Waals surface area contributed by atoms with Crippen LogP contribution < -0.4 is 10.1 Å². The van der Waals surface area contributed by atoms with Crippen LogP contribution in [0.25, 0.3) is 0 Å². The van der Waals surface area contributed by atoms with E-state index in [0.717, 1.165) is 42.9 Å². The molecule has 0 saturated carbocycles. The topological polar surface area (TPSA) is 41.6 Å². The first-order valence-electron chi connectivity index (χ1n) is 9.54. The Balaban J connectivity index is 1.57. The predicted octanol–water partition coefficient (Wildman–Crippen LogP) is 4.46. The van der Waals surface area contributed by atoms with Crippen LogP contribution >= 0.6 is 0 Å². The van der Waals surface area contributed by atoms with Crippen LogP contribution in [0.5, 0.6) is 5.75 Å². The Morgan fingerprint density at radius 3 is 2.78 bits per heavy atom. The number of benzene rings is 2. The van der Waals surface area contributed by atoms with Gasteiger partial charge < -0.3 is 10.1 Å². The number of ether oxygens (including phenoxy) is 1. The van der Waals surface area contributed by atoms with E-state index in [1.807, 2.05) is 38.1 Å². The monoisotopic (exact) mass is 370 g/mol. The van der Waals surface area contributed by atoms with Crippen LogP contribution in [0.1, 0.15) is 32.3 Å². The summed E-state index contributed by atoms with van der Waals surface area (Å²) in [5, 5.41) is 3.02. The smallest absolute Gasteiger partial charge is 0.228 e. The number of nitrogens with one attached hydrogen (secondary N) is 1. The first-order chi connectivity index (χ1) is 13.0. The van der Waals surface area contributed by atoms with Crippen molar-refractivity contribution >= 4 is 11.6 Å². The van der Waals surface area contributed by atoms with Gasteiger partial charge in [-0.25, -0.2) is 4.39 Å². The third-order valence-electron chi connectivity index (χ3n) is 4.67. The molecule has 3 rings (SSSR count). The number of amides is 1. The van der Waals surface area contributed by atoms with Crippen LogP contribution in [0, 0.1) is 11.7 Å². The number of hydrogen-bond acceptors (Lipinski definition) is 3. The molecule has 1 atom stereocenters. The molecular weight excluding hydrogens is 343 g/mol. The lowest BCUT2D eigenvalue weighted by molar-refractivity contribution is -0.121. The number of carbonyl (C=O) groups excluding carboxylic acids is 1. The Labute approximate surface area is 160 Å². The average molecular weight is 370 g/mol.